The normalized spacial score (nSPS) is 21.7. The van der Waals surface area contributed by atoms with Gasteiger partial charge in [-0.05, 0) is 0 Å². The SMILES string of the molecule is CON=C(C(=O)NC1C(=O)N2C=C(C(=O)O)CS[C@H]12)c1csc(N)n1.[Ca+2].[H-].[H-]. The summed E-state index contributed by atoms with van der Waals surface area (Å²) in [5.41, 5.74) is 5.85. The van der Waals surface area contributed by atoms with Crippen LogP contribution in [0.1, 0.15) is 8.55 Å². The minimum atomic E-state index is -1.07. The number of aromatic nitrogens is 1. The molecule has 0 aliphatic carbocycles. The van der Waals surface area contributed by atoms with Gasteiger partial charge >= 0.3 is 43.7 Å². The number of anilines is 1. The van der Waals surface area contributed by atoms with Crippen molar-refractivity contribution in [3.8, 4) is 0 Å². The van der Waals surface area contributed by atoms with Crippen molar-refractivity contribution in [1.82, 2.24) is 15.2 Å². The molecule has 2 aliphatic heterocycles. The van der Waals surface area contributed by atoms with Gasteiger partial charge in [0.05, 0.1) is 5.57 Å². The van der Waals surface area contributed by atoms with Crippen molar-refractivity contribution in [3.05, 3.63) is 22.8 Å². The number of thiazole rings is 1. The number of hydrogen-bond acceptors (Lipinski definition) is 9. The number of oxime groups is 1. The number of nitrogens with two attached hydrogens (primary N) is 1. The van der Waals surface area contributed by atoms with E-state index in [0.717, 1.165) is 11.3 Å². The molecule has 1 saturated heterocycles. The van der Waals surface area contributed by atoms with Crippen LogP contribution in [0.15, 0.2) is 22.3 Å². The van der Waals surface area contributed by atoms with Gasteiger partial charge in [0.25, 0.3) is 11.8 Å². The first-order chi connectivity index (χ1) is 11.9. The summed E-state index contributed by atoms with van der Waals surface area (Å²) in [5, 5.41) is 16.7. The molecule has 1 unspecified atom stereocenters. The van der Waals surface area contributed by atoms with Gasteiger partial charge < -0.3 is 28.7 Å². The molecule has 3 rings (SSSR count). The monoisotopic (exact) mass is 425 g/mol. The maximum absolute atomic E-state index is 12.5. The molecule has 10 nitrogen and oxygen atoms in total. The molecule has 2 atom stereocenters. The first kappa shape index (κ1) is 21.0. The van der Waals surface area contributed by atoms with Gasteiger partial charge in [0.15, 0.2) is 10.8 Å². The fraction of sp³-hybridized carbons (Fsp3) is 0.308. The standard InChI is InChI=1S/C13H13N5O5S2.Ca.2H/c1-23-17-7(6-4-25-13(14)15-6)9(19)16-8-10(20)18-2-5(12(21)22)3-24-11(8)18;;;/h2,4,8,11H,3H2,1H3,(H2,14,15)(H,16,19)(H,21,22);;;/q;+2;2*-1/t8?,11-;;;/m1.../s1. The van der Waals surface area contributed by atoms with Gasteiger partial charge in [0.1, 0.15) is 24.2 Å². The molecule has 2 aliphatic rings. The number of β-lactam (4-membered cyclic amide) rings is 1. The predicted molar refractivity (Wildman–Crippen MR) is 98.8 cm³/mol. The number of carbonyl (C=O) groups is 3. The predicted octanol–water partition coefficient (Wildman–Crippen LogP) is -0.712. The molecule has 136 valence electrons. The molecule has 4 N–H and O–H groups in total. The summed E-state index contributed by atoms with van der Waals surface area (Å²) in [6, 6.07) is -0.776. The Morgan fingerprint density at radius 1 is 1.58 bits per heavy atom. The van der Waals surface area contributed by atoms with E-state index in [-0.39, 0.29) is 79.7 Å². The first-order valence-electron chi connectivity index (χ1n) is 6.93. The molecule has 0 radical (unpaired) electrons. The number of nitrogen functional groups attached to an aromatic ring is 1. The molecule has 0 bridgehead atoms. The number of nitrogens with one attached hydrogen (secondary N) is 1. The fourth-order valence-corrected chi connectivity index (χ4v) is 4.13. The van der Waals surface area contributed by atoms with Crippen LogP contribution in [-0.2, 0) is 19.2 Å². The third-order valence-electron chi connectivity index (χ3n) is 3.51. The van der Waals surface area contributed by atoms with Gasteiger partial charge in [-0.2, -0.15) is 0 Å². The van der Waals surface area contributed by atoms with Crippen molar-refractivity contribution >= 4 is 89.5 Å². The summed E-state index contributed by atoms with van der Waals surface area (Å²) in [5.74, 6) is -1.84. The number of carbonyl (C=O) groups excluding carboxylic acids is 2. The Kier molecular flexibility index (Phi) is 6.91. The number of thioether (sulfide) groups is 1. The molecule has 2 amide bonds. The summed E-state index contributed by atoms with van der Waals surface area (Å²) in [6.45, 7) is 0. The smallest absolute Gasteiger partial charge is 1.00 e. The van der Waals surface area contributed by atoms with Crippen LogP contribution in [0, 0.1) is 0 Å². The van der Waals surface area contributed by atoms with E-state index < -0.39 is 17.9 Å². The molecule has 13 heteroatoms. The van der Waals surface area contributed by atoms with Crippen molar-refractivity contribution < 1.29 is 27.2 Å². The average Bonchev–Trinajstić information content (AvgIpc) is 3.02. The molecule has 26 heavy (non-hydrogen) atoms. The fourth-order valence-electron chi connectivity index (χ4n) is 2.33. The Morgan fingerprint density at radius 2 is 2.31 bits per heavy atom. The van der Waals surface area contributed by atoms with Crippen molar-refractivity contribution in [3.63, 3.8) is 0 Å². The number of rotatable bonds is 5. The summed E-state index contributed by atoms with van der Waals surface area (Å²) in [6.07, 6.45) is 1.31. The van der Waals surface area contributed by atoms with Crippen LogP contribution in [0.25, 0.3) is 0 Å². The second-order valence-corrected chi connectivity index (χ2v) is 7.05. The Balaban J connectivity index is 0.00000243. The molecule has 0 saturated carbocycles. The minimum Gasteiger partial charge on any atom is -1.00 e. The molecule has 1 aromatic rings. The Labute approximate surface area is 188 Å². The van der Waals surface area contributed by atoms with Crippen LogP contribution >= 0.6 is 23.1 Å². The molecular formula is C13H15CaN5O5S2. The third kappa shape index (κ3) is 3.98. The van der Waals surface area contributed by atoms with Crippen LogP contribution in [-0.4, -0.2) is 101 Å². The van der Waals surface area contributed by atoms with E-state index in [4.69, 9.17) is 10.8 Å². The minimum absolute atomic E-state index is 0. The zero-order valence-electron chi connectivity index (χ0n) is 15.5. The maximum atomic E-state index is 12.5. The van der Waals surface area contributed by atoms with Crippen molar-refractivity contribution in [2.24, 2.45) is 5.16 Å². The van der Waals surface area contributed by atoms with Gasteiger partial charge in [-0.25, -0.2) is 9.78 Å². The van der Waals surface area contributed by atoms with Crippen molar-refractivity contribution in [2.45, 2.75) is 11.4 Å². The van der Waals surface area contributed by atoms with Crippen molar-refractivity contribution in [2.75, 3.05) is 18.6 Å². The second-order valence-electron chi connectivity index (χ2n) is 5.05. The number of carboxylic acids is 1. The van der Waals surface area contributed by atoms with Gasteiger partial charge in [-0.1, -0.05) is 5.16 Å². The Morgan fingerprint density at radius 3 is 2.88 bits per heavy atom. The summed E-state index contributed by atoms with van der Waals surface area (Å²) >= 11 is 2.41. The average molecular weight is 426 g/mol. The van der Waals surface area contributed by atoms with Gasteiger partial charge in [0, 0.05) is 17.3 Å². The molecular weight excluding hydrogens is 410 g/mol. The number of nitrogens with zero attached hydrogens (tertiary/aromatic N) is 3. The number of carboxylic acid groups (broad SMARTS) is 1. The van der Waals surface area contributed by atoms with E-state index >= 15 is 0 Å². The number of fused-ring (bicyclic) bond motifs is 1. The molecule has 0 spiro atoms. The zero-order valence-corrected chi connectivity index (χ0v) is 17.4. The van der Waals surface area contributed by atoms with Crippen LogP contribution < -0.4 is 11.1 Å². The van der Waals surface area contributed by atoms with E-state index in [1.165, 1.54) is 30.0 Å². The van der Waals surface area contributed by atoms with E-state index in [9.17, 15) is 14.4 Å². The largest absolute Gasteiger partial charge is 2.00 e. The maximum Gasteiger partial charge on any atom is 2.00 e. The number of aliphatic carboxylic acids is 1. The van der Waals surface area contributed by atoms with E-state index in [2.05, 4.69) is 20.3 Å². The molecule has 0 aromatic carbocycles. The van der Waals surface area contributed by atoms with Crippen LogP contribution in [0.4, 0.5) is 5.13 Å². The summed E-state index contributed by atoms with van der Waals surface area (Å²) in [4.78, 5) is 45.6. The van der Waals surface area contributed by atoms with E-state index in [1.54, 1.807) is 5.38 Å². The Bertz CT molecular complexity index is 821. The van der Waals surface area contributed by atoms with Crippen LogP contribution in [0.2, 0.25) is 0 Å². The Hall–Kier alpha value is -1.34. The van der Waals surface area contributed by atoms with Crippen molar-refractivity contribution in [1.29, 1.82) is 0 Å². The van der Waals surface area contributed by atoms with Crippen LogP contribution in [0.3, 0.4) is 0 Å². The van der Waals surface area contributed by atoms with E-state index in [1.807, 2.05) is 0 Å². The van der Waals surface area contributed by atoms with Gasteiger partial charge in [-0.3, -0.25) is 9.59 Å². The summed E-state index contributed by atoms with van der Waals surface area (Å²) in [7, 11) is 1.29. The molecule has 3 heterocycles. The number of amides is 2. The quantitative estimate of drug-likeness (QED) is 0.243. The first-order valence-corrected chi connectivity index (χ1v) is 8.86. The topological polar surface area (TPSA) is 147 Å². The molecule has 1 aromatic heterocycles. The van der Waals surface area contributed by atoms with E-state index in [0.29, 0.717) is 0 Å². The van der Waals surface area contributed by atoms with Crippen LogP contribution in [0.5, 0.6) is 0 Å². The van der Waals surface area contributed by atoms with Gasteiger partial charge in [0.2, 0.25) is 0 Å². The zero-order chi connectivity index (χ0) is 18.1. The van der Waals surface area contributed by atoms with Gasteiger partial charge in [-0.15, -0.1) is 23.1 Å². The summed E-state index contributed by atoms with van der Waals surface area (Å²) < 4.78 is 0. The second kappa shape index (κ2) is 8.57. The number of hydrogen-bond donors (Lipinski definition) is 3. The third-order valence-corrected chi connectivity index (χ3v) is 5.50. The molecule has 1 fully saturated rings.